The van der Waals surface area contributed by atoms with Crippen molar-refractivity contribution in [1.29, 1.82) is 0 Å². The highest BCUT2D eigenvalue weighted by atomic mass is 32.1. The SMILES string of the molecule is COc1cc(CO)ccc1OCc1ccc(C#CCN)s1. The molecule has 4 nitrogen and oxygen atoms in total. The van der Waals surface area contributed by atoms with Gasteiger partial charge in [0.05, 0.1) is 25.1 Å². The zero-order valence-corrected chi connectivity index (χ0v) is 12.6. The number of ether oxygens (including phenoxy) is 2. The molecule has 21 heavy (non-hydrogen) atoms. The van der Waals surface area contributed by atoms with E-state index < -0.39 is 0 Å². The first-order chi connectivity index (χ1) is 10.3. The molecule has 0 radical (unpaired) electrons. The fraction of sp³-hybridized carbons (Fsp3) is 0.250. The summed E-state index contributed by atoms with van der Waals surface area (Å²) in [4.78, 5) is 2.05. The number of aliphatic hydroxyl groups is 1. The zero-order valence-electron chi connectivity index (χ0n) is 11.8. The van der Waals surface area contributed by atoms with Gasteiger partial charge in [0.15, 0.2) is 11.5 Å². The molecule has 0 fully saturated rings. The molecule has 2 rings (SSSR count). The molecule has 0 unspecified atom stereocenters. The normalized spacial score (nSPS) is 9.86. The highest BCUT2D eigenvalue weighted by molar-refractivity contribution is 7.12. The van der Waals surface area contributed by atoms with Crippen molar-refractivity contribution >= 4 is 11.3 Å². The van der Waals surface area contributed by atoms with Crippen molar-refractivity contribution in [3.63, 3.8) is 0 Å². The molecule has 1 heterocycles. The van der Waals surface area contributed by atoms with Gasteiger partial charge in [-0.25, -0.2) is 0 Å². The number of rotatable bonds is 5. The quantitative estimate of drug-likeness (QED) is 0.831. The van der Waals surface area contributed by atoms with E-state index in [0.717, 1.165) is 15.3 Å². The van der Waals surface area contributed by atoms with Gasteiger partial charge in [-0.05, 0) is 29.8 Å². The average Bonchev–Trinajstić information content (AvgIpc) is 2.98. The van der Waals surface area contributed by atoms with Gasteiger partial charge < -0.3 is 20.3 Å². The van der Waals surface area contributed by atoms with Crippen molar-refractivity contribution in [3.8, 4) is 23.3 Å². The van der Waals surface area contributed by atoms with E-state index in [1.807, 2.05) is 18.2 Å². The van der Waals surface area contributed by atoms with Crippen LogP contribution in [0.25, 0.3) is 0 Å². The largest absolute Gasteiger partial charge is 0.493 e. The molecule has 1 aromatic heterocycles. The fourth-order valence-electron chi connectivity index (χ4n) is 1.74. The molecule has 1 aromatic carbocycles. The number of thiophene rings is 1. The molecule has 0 aliphatic carbocycles. The van der Waals surface area contributed by atoms with Gasteiger partial charge in [-0.2, -0.15) is 0 Å². The Morgan fingerprint density at radius 2 is 2.10 bits per heavy atom. The maximum atomic E-state index is 9.11. The molecular weight excluding hydrogens is 286 g/mol. The zero-order chi connectivity index (χ0) is 15.1. The summed E-state index contributed by atoms with van der Waals surface area (Å²) in [5, 5.41) is 9.11. The van der Waals surface area contributed by atoms with Crippen LogP contribution in [-0.2, 0) is 13.2 Å². The van der Waals surface area contributed by atoms with Gasteiger partial charge in [0.2, 0.25) is 0 Å². The van der Waals surface area contributed by atoms with E-state index in [1.54, 1.807) is 30.6 Å². The molecule has 0 spiro atoms. The van der Waals surface area contributed by atoms with Crippen LogP contribution in [-0.4, -0.2) is 18.8 Å². The van der Waals surface area contributed by atoms with Crippen LogP contribution in [0.2, 0.25) is 0 Å². The van der Waals surface area contributed by atoms with E-state index in [-0.39, 0.29) is 6.61 Å². The first-order valence-corrected chi connectivity index (χ1v) is 7.26. The third-order valence-electron chi connectivity index (χ3n) is 2.76. The summed E-state index contributed by atoms with van der Waals surface area (Å²) in [7, 11) is 1.58. The number of hydrogen-bond acceptors (Lipinski definition) is 5. The molecule has 0 bridgehead atoms. The summed E-state index contributed by atoms with van der Waals surface area (Å²) in [6.07, 6.45) is 0. The monoisotopic (exact) mass is 303 g/mol. The van der Waals surface area contributed by atoms with Crippen molar-refractivity contribution in [2.45, 2.75) is 13.2 Å². The second-order valence-corrected chi connectivity index (χ2v) is 5.37. The standard InChI is InChI=1S/C16H17NO3S/c1-19-16-9-12(10-18)4-7-15(16)20-11-14-6-5-13(21-14)3-2-8-17/h4-7,9,18H,8,10-11,17H2,1H3. The van der Waals surface area contributed by atoms with Crippen LogP contribution in [0.4, 0.5) is 0 Å². The van der Waals surface area contributed by atoms with Crippen molar-refractivity contribution < 1.29 is 14.6 Å². The van der Waals surface area contributed by atoms with E-state index in [4.69, 9.17) is 20.3 Å². The van der Waals surface area contributed by atoms with Crippen LogP contribution in [0.5, 0.6) is 11.5 Å². The van der Waals surface area contributed by atoms with Gasteiger partial charge in [-0.1, -0.05) is 17.9 Å². The maximum absolute atomic E-state index is 9.11. The van der Waals surface area contributed by atoms with E-state index in [1.165, 1.54) is 0 Å². The van der Waals surface area contributed by atoms with E-state index in [0.29, 0.717) is 24.7 Å². The maximum Gasteiger partial charge on any atom is 0.161 e. The Morgan fingerprint density at radius 3 is 2.81 bits per heavy atom. The van der Waals surface area contributed by atoms with Gasteiger partial charge in [0.1, 0.15) is 6.61 Å². The Bertz CT molecular complexity index is 655. The van der Waals surface area contributed by atoms with Gasteiger partial charge in [0, 0.05) is 4.88 Å². The van der Waals surface area contributed by atoms with Crippen molar-refractivity contribution in [2.75, 3.05) is 13.7 Å². The number of hydrogen-bond donors (Lipinski definition) is 2. The lowest BCUT2D eigenvalue weighted by Gasteiger charge is -2.10. The Hall–Kier alpha value is -2.00. The minimum Gasteiger partial charge on any atom is -0.493 e. The summed E-state index contributed by atoms with van der Waals surface area (Å²) < 4.78 is 11.0. The molecule has 5 heteroatoms. The molecule has 0 saturated heterocycles. The highest BCUT2D eigenvalue weighted by Crippen LogP contribution is 2.29. The Kier molecular flexibility index (Phi) is 5.64. The van der Waals surface area contributed by atoms with Crippen LogP contribution in [0.1, 0.15) is 15.3 Å². The molecule has 0 aliphatic rings. The van der Waals surface area contributed by atoms with Crippen molar-refractivity contribution in [3.05, 3.63) is 45.6 Å². The number of benzene rings is 1. The van der Waals surface area contributed by atoms with E-state index in [2.05, 4.69) is 11.8 Å². The number of aliphatic hydroxyl groups excluding tert-OH is 1. The van der Waals surface area contributed by atoms with Crippen LogP contribution in [0.15, 0.2) is 30.3 Å². The lowest BCUT2D eigenvalue weighted by Crippen LogP contribution is -1.97. The van der Waals surface area contributed by atoms with Crippen molar-refractivity contribution in [2.24, 2.45) is 5.73 Å². The second kappa shape index (κ2) is 7.70. The van der Waals surface area contributed by atoms with E-state index >= 15 is 0 Å². The first-order valence-electron chi connectivity index (χ1n) is 6.45. The molecule has 0 amide bonds. The molecule has 110 valence electrons. The van der Waals surface area contributed by atoms with E-state index in [9.17, 15) is 0 Å². The molecule has 0 atom stereocenters. The van der Waals surface area contributed by atoms with Crippen LogP contribution >= 0.6 is 11.3 Å². The number of nitrogens with two attached hydrogens (primary N) is 1. The summed E-state index contributed by atoms with van der Waals surface area (Å²) >= 11 is 1.58. The van der Waals surface area contributed by atoms with Crippen LogP contribution in [0.3, 0.4) is 0 Å². The minimum absolute atomic E-state index is 0.0231. The fourth-order valence-corrected chi connectivity index (χ4v) is 2.53. The van der Waals surface area contributed by atoms with Gasteiger partial charge >= 0.3 is 0 Å². The first kappa shape index (κ1) is 15.4. The number of methoxy groups -OCH3 is 1. The van der Waals surface area contributed by atoms with Crippen LogP contribution in [0, 0.1) is 11.8 Å². The minimum atomic E-state index is -0.0231. The Labute approximate surface area is 128 Å². The van der Waals surface area contributed by atoms with Gasteiger partial charge in [-0.15, -0.1) is 11.3 Å². The van der Waals surface area contributed by atoms with Gasteiger partial charge in [0.25, 0.3) is 0 Å². The lowest BCUT2D eigenvalue weighted by molar-refractivity contribution is 0.275. The third kappa shape index (κ3) is 4.23. The topological polar surface area (TPSA) is 64.7 Å². The Morgan fingerprint density at radius 1 is 1.24 bits per heavy atom. The van der Waals surface area contributed by atoms with Gasteiger partial charge in [-0.3, -0.25) is 0 Å². The predicted octanol–water partition coefficient (Wildman–Crippen LogP) is 2.14. The highest BCUT2D eigenvalue weighted by Gasteiger charge is 2.07. The smallest absolute Gasteiger partial charge is 0.161 e. The Balaban J connectivity index is 2.04. The summed E-state index contributed by atoms with van der Waals surface area (Å²) in [5.74, 6) is 7.09. The predicted molar refractivity (Wildman–Crippen MR) is 83.5 cm³/mol. The average molecular weight is 303 g/mol. The lowest BCUT2D eigenvalue weighted by atomic mass is 10.2. The molecule has 2 aromatic rings. The van der Waals surface area contributed by atoms with Crippen LogP contribution < -0.4 is 15.2 Å². The second-order valence-electron chi connectivity index (χ2n) is 4.20. The molecular formula is C16H17NO3S. The molecule has 3 N–H and O–H groups in total. The van der Waals surface area contributed by atoms with Crippen molar-refractivity contribution in [1.82, 2.24) is 0 Å². The summed E-state index contributed by atoms with van der Waals surface area (Å²) in [5.41, 5.74) is 6.13. The third-order valence-corrected chi connectivity index (χ3v) is 3.73. The molecule has 0 saturated carbocycles. The molecule has 0 aliphatic heterocycles. The summed E-state index contributed by atoms with van der Waals surface area (Å²) in [6.45, 7) is 0.784. The summed E-state index contributed by atoms with van der Waals surface area (Å²) in [6, 6.07) is 9.32.